The second kappa shape index (κ2) is 7.19. The number of benzene rings is 1. The molecule has 3 heterocycles. The number of nitrogens with zero attached hydrogens (tertiary/aromatic N) is 4. The molecule has 0 unspecified atom stereocenters. The van der Waals surface area contributed by atoms with E-state index < -0.39 is 0 Å². The van der Waals surface area contributed by atoms with Gasteiger partial charge in [-0.05, 0) is 48.9 Å². The molecule has 6 heteroatoms. The molecule has 4 rings (SSSR count). The normalized spacial score (nSPS) is 19.8. The maximum Gasteiger partial charge on any atom is 0.225 e. The summed E-state index contributed by atoms with van der Waals surface area (Å²) in [6, 6.07) is 8.34. The zero-order valence-corrected chi connectivity index (χ0v) is 15.2. The van der Waals surface area contributed by atoms with Gasteiger partial charge in [-0.15, -0.1) is 0 Å². The minimum absolute atomic E-state index is 0.383. The first-order valence-electron chi connectivity index (χ1n) is 9.24. The Hall–Kier alpha value is -2.21. The van der Waals surface area contributed by atoms with E-state index in [1.54, 1.807) is 7.11 Å². The summed E-state index contributed by atoms with van der Waals surface area (Å²) in [6.45, 7) is 5.15. The lowest BCUT2D eigenvalue weighted by atomic mass is 9.78. The van der Waals surface area contributed by atoms with Crippen LogP contribution in [-0.2, 0) is 6.54 Å². The molecule has 2 aliphatic rings. The lowest BCUT2D eigenvalue weighted by Crippen LogP contribution is -2.42. The van der Waals surface area contributed by atoms with Crippen LogP contribution >= 0.6 is 0 Å². The highest BCUT2D eigenvalue weighted by Gasteiger charge is 2.40. The summed E-state index contributed by atoms with van der Waals surface area (Å²) in [5.41, 5.74) is 1.70. The highest BCUT2D eigenvalue weighted by atomic mass is 19.1. The van der Waals surface area contributed by atoms with Gasteiger partial charge in [-0.25, -0.2) is 14.4 Å². The second-order valence-electron chi connectivity index (χ2n) is 7.50. The van der Waals surface area contributed by atoms with E-state index in [0.29, 0.717) is 11.4 Å². The number of methoxy groups -OCH3 is 1. The van der Waals surface area contributed by atoms with Crippen molar-refractivity contribution >= 4 is 5.95 Å². The highest BCUT2D eigenvalue weighted by Crippen LogP contribution is 2.41. The van der Waals surface area contributed by atoms with Crippen molar-refractivity contribution < 1.29 is 9.13 Å². The van der Waals surface area contributed by atoms with Crippen LogP contribution in [0.4, 0.5) is 10.3 Å². The molecule has 0 radical (unpaired) electrons. The molecule has 1 spiro atoms. The van der Waals surface area contributed by atoms with Crippen molar-refractivity contribution in [3.63, 3.8) is 0 Å². The Balaban J connectivity index is 1.34. The Kier molecular flexibility index (Phi) is 4.76. The van der Waals surface area contributed by atoms with Crippen LogP contribution in [0.5, 0.6) is 5.75 Å². The standard InChI is InChI=1S/C20H25FN4O/c1-26-18-4-2-3-16(11-18)14-24-8-5-20(15-24)6-9-25(10-7-20)19-22-12-17(21)13-23-19/h2-4,11-13H,5-10,14-15H2,1H3. The Bertz CT molecular complexity index is 744. The zero-order valence-electron chi connectivity index (χ0n) is 15.2. The number of aromatic nitrogens is 2. The van der Waals surface area contributed by atoms with Crippen molar-refractivity contribution in [2.75, 3.05) is 38.2 Å². The highest BCUT2D eigenvalue weighted by molar-refractivity contribution is 5.30. The maximum atomic E-state index is 13.0. The van der Waals surface area contributed by atoms with Crippen LogP contribution in [0.25, 0.3) is 0 Å². The van der Waals surface area contributed by atoms with Crippen LogP contribution in [0, 0.1) is 11.2 Å². The first kappa shape index (κ1) is 17.2. The van der Waals surface area contributed by atoms with E-state index >= 15 is 0 Å². The second-order valence-corrected chi connectivity index (χ2v) is 7.50. The van der Waals surface area contributed by atoms with E-state index in [-0.39, 0.29) is 5.82 Å². The average molecular weight is 356 g/mol. The van der Waals surface area contributed by atoms with E-state index in [4.69, 9.17) is 4.74 Å². The predicted octanol–water partition coefficient (Wildman–Crippen LogP) is 3.12. The first-order chi connectivity index (χ1) is 12.7. The molecule has 5 nitrogen and oxygen atoms in total. The summed E-state index contributed by atoms with van der Waals surface area (Å²) in [4.78, 5) is 13.0. The summed E-state index contributed by atoms with van der Waals surface area (Å²) >= 11 is 0. The number of anilines is 1. The molecule has 0 bridgehead atoms. The van der Waals surface area contributed by atoms with E-state index in [1.165, 1.54) is 24.4 Å². The van der Waals surface area contributed by atoms with Gasteiger partial charge in [0.05, 0.1) is 19.5 Å². The molecular weight excluding hydrogens is 331 g/mol. The van der Waals surface area contributed by atoms with E-state index in [1.807, 2.05) is 6.07 Å². The molecule has 2 saturated heterocycles. The fourth-order valence-corrected chi connectivity index (χ4v) is 4.25. The lowest BCUT2D eigenvalue weighted by Gasteiger charge is -2.39. The van der Waals surface area contributed by atoms with Crippen molar-refractivity contribution in [2.45, 2.75) is 25.8 Å². The molecule has 138 valence electrons. The van der Waals surface area contributed by atoms with Gasteiger partial charge < -0.3 is 9.64 Å². The summed E-state index contributed by atoms with van der Waals surface area (Å²) in [6.07, 6.45) is 6.02. The van der Waals surface area contributed by atoms with Crippen molar-refractivity contribution in [1.29, 1.82) is 0 Å². The minimum atomic E-state index is -0.383. The monoisotopic (exact) mass is 356 g/mol. The lowest BCUT2D eigenvalue weighted by molar-refractivity contribution is 0.205. The third-order valence-corrected chi connectivity index (χ3v) is 5.77. The third-order valence-electron chi connectivity index (χ3n) is 5.77. The minimum Gasteiger partial charge on any atom is -0.497 e. The molecule has 26 heavy (non-hydrogen) atoms. The van der Waals surface area contributed by atoms with Gasteiger partial charge in [-0.2, -0.15) is 0 Å². The molecular formula is C20H25FN4O. The fourth-order valence-electron chi connectivity index (χ4n) is 4.25. The van der Waals surface area contributed by atoms with Crippen molar-refractivity contribution in [3.8, 4) is 5.75 Å². The third kappa shape index (κ3) is 3.65. The number of likely N-dealkylation sites (tertiary alicyclic amines) is 1. The van der Waals surface area contributed by atoms with Gasteiger partial charge in [0.2, 0.25) is 5.95 Å². The van der Waals surface area contributed by atoms with Gasteiger partial charge in [-0.1, -0.05) is 12.1 Å². The molecule has 1 aromatic carbocycles. The molecule has 0 amide bonds. The maximum absolute atomic E-state index is 13.0. The van der Waals surface area contributed by atoms with Gasteiger partial charge in [-0.3, -0.25) is 4.90 Å². The summed E-state index contributed by atoms with van der Waals surface area (Å²) in [5, 5.41) is 0. The number of hydrogen-bond donors (Lipinski definition) is 0. The van der Waals surface area contributed by atoms with Gasteiger partial charge in [0, 0.05) is 26.2 Å². The molecule has 0 aliphatic carbocycles. The zero-order chi connectivity index (χ0) is 18.0. The average Bonchev–Trinajstić information content (AvgIpc) is 3.05. The van der Waals surface area contributed by atoms with Crippen LogP contribution in [0.1, 0.15) is 24.8 Å². The van der Waals surface area contributed by atoms with Crippen LogP contribution in [0.2, 0.25) is 0 Å². The van der Waals surface area contributed by atoms with E-state index in [2.05, 4.69) is 38.0 Å². The Morgan fingerprint density at radius 2 is 1.85 bits per heavy atom. The quantitative estimate of drug-likeness (QED) is 0.842. The van der Waals surface area contributed by atoms with Gasteiger partial charge in [0.15, 0.2) is 5.82 Å². The van der Waals surface area contributed by atoms with Crippen LogP contribution in [-0.4, -0.2) is 48.2 Å². The number of halogens is 1. The molecule has 2 aliphatic heterocycles. The van der Waals surface area contributed by atoms with Crippen LogP contribution < -0.4 is 9.64 Å². The number of ether oxygens (including phenoxy) is 1. The number of hydrogen-bond acceptors (Lipinski definition) is 5. The van der Waals surface area contributed by atoms with Gasteiger partial charge in [0.25, 0.3) is 0 Å². The predicted molar refractivity (Wildman–Crippen MR) is 98.8 cm³/mol. The molecule has 0 atom stereocenters. The Morgan fingerprint density at radius 1 is 1.12 bits per heavy atom. The van der Waals surface area contributed by atoms with Crippen LogP contribution in [0.3, 0.4) is 0 Å². The van der Waals surface area contributed by atoms with Crippen LogP contribution in [0.15, 0.2) is 36.7 Å². The first-order valence-corrected chi connectivity index (χ1v) is 9.24. The molecule has 0 N–H and O–H groups in total. The molecule has 2 fully saturated rings. The van der Waals surface area contributed by atoms with Gasteiger partial charge >= 0.3 is 0 Å². The van der Waals surface area contributed by atoms with Crippen molar-refractivity contribution in [3.05, 3.63) is 48.0 Å². The smallest absolute Gasteiger partial charge is 0.225 e. The molecule has 2 aromatic rings. The fraction of sp³-hybridized carbons (Fsp3) is 0.500. The Labute approximate surface area is 153 Å². The number of piperidine rings is 1. The summed E-state index contributed by atoms with van der Waals surface area (Å²) in [7, 11) is 1.71. The van der Waals surface area contributed by atoms with Crippen molar-refractivity contribution in [2.24, 2.45) is 5.41 Å². The molecule has 0 saturated carbocycles. The topological polar surface area (TPSA) is 41.5 Å². The molecule has 1 aromatic heterocycles. The van der Waals surface area contributed by atoms with Gasteiger partial charge in [0.1, 0.15) is 5.75 Å². The summed E-state index contributed by atoms with van der Waals surface area (Å²) in [5.74, 6) is 1.18. The summed E-state index contributed by atoms with van der Waals surface area (Å²) < 4.78 is 18.3. The SMILES string of the molecule is COc1cccc(CN2CCC3(CCN(c4ncc(F)cn4)CC3)C2)c1. The largest absolute Gasteiger partial charge is 0.497 e. The Morgan fingerprint density at radius 3 is 2.58 bits per heavy atom. The number of rotatable bonds is 4. The van der Waals surface area contributed by atoms with E-state index in [9.17, 15) is 4.39 Å². The van der Waals surface area contributed by atoms with Crippen molar-refractivity contribution in [1.82, 2.24) is 14.9 Å². The van der Waals surface area contributed by atoms with E-state index in [0.717, 1.165) is 51.3 Å².